The highest BCUT2D eigenvalue weighted by Crippen LogP contribution is 2.25. The summed E-state index contributed by atoms with van der Waals surface area (Å²) in [7, 11) is 1.83. The van der Waals surface area contributed by atoms with E-state index in [4.69, 9.17) is 5.73 Å². The first kappa shape index (κ1) is 12.4. The lowest BCUT2D eigenvalue weighted by molar-refractivity contribution is 0.625. The molecule has 0 radical (unpaired) electrons. The first-order valence-electron chi connectivity index (χ1n) is 6.15. The maximum Gasteiger partial charge on any atom is 0.123 e. The minimum Gasteiger partial charge on any atom is -0.396 e. The predicted molar refractivity (Wildman–Crippen MR) is 74.9 cm³/mol. The summed E-state index contributed by atoms with van der Waals surface area (Å²) in [6, 6.07) is 4.56. The van der Waals surface area contributed by atoms with Gasteiger partial charge in [-0.15, -0.1) is 0 Å². The zero-order valence-corrected chi connectivity index (χ0v) is 11.2. The molecule has 0 fully saturated rings. The van der Waals surface area contributed by atoms with Crippen LogP contribution in [-0.2, 0) is 7.05 Å². The highest BCUT2D eigenvalue weighted by Gasteiger charge is 2.12. The standard InChI is InChI=1S/C14H14FN5/c1-9-5-11(15)3-4-13(9)20-8-12(16)14(18-20)10-6-17-19(2)7-10/h3-8H,16H2,1-2H3. The van der Waals surface area contributed by atoms with Gasteiger partial charge in [0.15, 0.2) is 0 Å². The van der Waals surface area contributed by atoms with Crippen LogP contribution in [-0.4, -0.2) is 19.6 Å². The zero-order valence-electron chi connectivity index (χ0n) is 11.2. The van der Waals surface area contributed by atoms with Crippen molar-refractivity contribution in [1.29, 1.82) is 0 Å². The lowest BCUT2D eigenvalue weighted by Crippen LogP contribution is -1.98. The Hall–Kier alpha value is -2.63. The molecule has 0 saturated carbocycles. The van der Waals surface area contributed by atoms with Crippen LogP contribution in [0.4, 0.5) is 10.1 Å². The molecule has 1 aromatic carbocycles. The second-order valence-corrected chi connectivity index (χ2v) is 4.71. The van der Waals surface area contributed by atoms with Gasteiger partial charge in [0.25, 0.3) is 0 Å². The molecule has 2 aromatic heterocycles. The Balaban J connectivity index is 2.08. The Morgan fingerprint density at radius 3 is 2.70 bits per heavy atom. The van der Waals surface area contributed by atoms with Crippen molar-refractivity contribution in [2.75, 3.05) is 5.73 Å². The molecule has 0 atom stereocenters. The molecule has 2 heterocycles. The van der Waals surface area contributed by atoms with Gasteiger partial charge in [-0.3, -0.25) is 4.68 Å². The number of aryl methyl sites for hydroxylation is 2. The van der Waals surface area contributed by atoms with E-state index in [1.807, 2.05) is 20.2 Å². The first-order valence-corrected chi connectivity index (χ1v) is 6.15. The third-order valence-electron chi connectivity index (χ3n) is 3.13. The molecule has 5 nitrogen and oxygen atoms in total. The fraction of sp³-hybridized carbons (Fsp3) is 0.143. The predicted octanol–water partition coefficient (Wildman–Crippen LogP) is 2.30. The Morgan fingerprint density at radius 1 is 1.25 bits per heavy atom. The number of nitrogens with zero attached hydrogens (tertiary/aromatic N) is 4. The lowest BCUT2D eigenvalue weighted by atomic mass is 10.2. The molecule has 0 unspecified atom stereocenters. The zero-order chi connectivity index (χ0) is 14.3. The first-order chi connectivity index (χ1) is 9.54. The number of nitrogen functional groups attached to an aromatic ring is 1. The Kier molecular flexibility index (Phi) is 2.78. The van der Waals surface area contributed by atoms with E-state index in [9.17, 15) is 4.39 Å². The molecular weight excluding hydrogens is 257 g/mol. The molecule has 3 aromatic rings. The quantitative estimate of drug-likeness (QED) is 0.778. The smallest absolute Gasteiger partial charge is 0.123 e. The second-order valence-electron chi connectivity index (χ2n) is 4.71. The van der Waals surface area contributed by atoms with Gasteiger partial charge in [-0.1, -0.05) is 0 Å². The molecule has 3 rings (SSSR count). The summed E-state index contributed by atoms with van der Waals surface area (Å²) < 4.78 is 16.5. The van der Waals surface area contributed by atoms with E-state index in [1.165, 1.54) is 12.1 Å². The number of nitrogens with two attached hydrogens (primary N) is 1. The molecular formula is C14H14FN5. The van der Waals surface area contributed by atoms with Gasteiger partial charge in [-0.05, 0) is 30.7 Å². The number of benzene rings is 1. The molecule has 0 bridgehead atoms. The summed E-state index contributed by atoms with van der Waals surface area (Å²) in [4.78, 5) is 0. The Labute approximate surface area is 115 Å². The van der Waals surface area contributed by atoms with E-state index >= 15 is 0 Å². The van der Waals surface area contributed by atoms with Crippen molar-refractivity contribution in [3.05, 3.63) is 48.2 Å². The molecule has 102 valence electrons. The maximum absolute atomic E-state index is 13.2. The van der Waals surface area contributed by atoms with Crippen molar-refractivity contribution in [3.8, 4) is 16.9 Å². The summed E-state index contributed by atoms with van der Waals surface area (Å²) in [5, 5.41) is 8.58. The van der Waals surface area contributed by atoms with E-state index in [-0.39, 0.29) is 5.82 Å². The SMILES string of the molecule is Cc1cc(F)ccc1-n1cc(N)c(-c2cnn(C)c2)n1. The minimum atomic E-state index is -0.265. The summed E-state index contributed by atoms with van der Waals surface area (Å²) >= 11 is 0. The fourth-order valence-electron chi connectivity index (χ4n) is 2.15. The van der Waals surface area contributed by atoms with Gasteiger partial charge in [0, 0.05) is 18.8 Å². The van der Waals surface area contributed by atoms with Crippen LogP contribution in [0.1, 0.15) is 5.56 Å². The van der Waals surface area contributed by atoms with Gasteiger partial charge in [-0.2, -0.15) is 10.2 Å². The average molecular weight is 271 g/mol. The summed E-state index contributed by atoms with van der Waals surface area (Å²) in [5.41, 5.74) is 9.68. The normalized spacial score (nSPS) is 10.9. The largest absolute Gasteiger partial charge is 0.396 e. The molecule has 0 aliphatic rings. The van der Waals surface area contributed by atoms with E-state index in [2.05, 4.69) is 10.2 Å². The van der Waals surface area contributed by atoms with Crippen molar-refractivity contribution in [3.63, 3.8) is 0 Å². The number of hydrogen-bond donors (Lipinski definition) is 1. The summed E-state index contributed by atoms with van der Waals surface area (Å²) in [6.45, 7) is 1.83. The van der Waals surface area contributed by atoms with Gasteiger partial charge in [0.05, 0.1) is 23.8 Å². The maximum atomic E-state index is 13.2. The summed E-state index contributed by atoms with van der Waals surface area (Å²) in [5.74, 6) is -0.265. The van der Waals surface area contributed by atoms with Crippen LogP contribution in [0.5, 0.6) is 0 Å². The molecule has 2 N–H and O–H groups in total. The van der Waals surface area contributed by atoms with Gasteiger partial charge >= 0.3 is 0 Å². The van der Waals surface area contributed by atoms with Crippen LogP contribution in [0.15, 0.2) is 36.8 Å². The van der Waals surface area contributed by atoms with Crippen LogP contribution in [0, 0.1) is 12.7 Å². The van der Waals surface area contributed by atoms with Crippen molar-refractivity contribution in [2.45, 2.75) is 6.92 Å². The highest BCUT2D eigenvalue weighted by atomic mass is 19.1. The summed E-state index contributed by atoms with van der Waals surface area (Å²) in [6.07, 6.45) is 5.28. The van der Waals surface area contributed by atoms with E-state index in [0.717, 1.165) is 16.8 Å². The average Bonchev–Trinajstić information content (AvgIpc) is 2.95. The molecule has 6 heteroatoms. The number of rotatable bonds is 2. The van der Waals surface area contributed by atoms with Crippen LogP contribution in [0.25, 0.3) is 16.9 Å². The Bertz CT molecular complexity index is 772. The number of aromatic nitrogens is 4. The topological polar surface area (TPSA) is 61.7 Å². The molecule has 0 aliphatic heterocycles. The van der Waals surface area contributed by atoms with Crippen LogP contribution in [0.2, 0.25) is 0 Å². The van der Waals surface area contributed by atoms with Crippen molar-refractivity contribution >= 4 is 5.69 Å². The molecule has 0 aliphatic carbocycles. The monoisotopic (exact) mass is 271 g/mol. The molecule has 0 saturated heterocycles. The molecule has 20 heavy (non-hydrogen) atoms. The number of hydrogen-bond acceptors (Lipinski definition) is 3. The van der Waals surface area contributed by atoms with Gasteiger partial charge in [0.1, 0.15) is 11.5 Å². The van der Waals surface area contributed by atoms with Crippen LogP contribution in [0.3, 0.4) is 0 Å². The fourth-order valence-corrected chi connectivity index (χ4v) is 2.15. The lowest BCUT2D eigenvalue weighted by Gasteiger charge is -2.05. The van der Waals surface area contributed by atoms with E-state index in [0.29, 0.717) is 11.4 Å². The van der Waals surface area contributed by atoms with Crippen molar-refractivity contribution in [2.24, 2.45) is 7.05 Å². The van der Waals surface area contributed by atoms with Gasteiger partial charge < -0.3 is 5.73 Å². The third-order valence-corrected chi connectivity index (χ3v) is 3.13. The van der Waals surface area contributed by atoms with Crippen LogP contribution < -0.4 is 5.73 Å². The van der Waals surface area contributed by atoms with Crippen molar-refractivity contribution < 1.29 is 4.39 Å². The Morgan fingerprint density at radius 2 is 2.05 bits per heavy atom. The molecule has 0 amide bonds. The number of halogens is 1. The number of anilines is 1. The van der Waals surface area contributed by atoms with Gasteiger partial charge in [-0.25, -0.2) is 9.07 Å². The van der Waals surface area contributed by atoms with Crippen LogP contribution >= 0.6 is 0 Å². The third kappa shape index (κ3) is 2.05. The minimum absolute atomic E-state index is 0.265. The van der Waals surface area contributed by atoms with E-state index in [1.54, 1.807) is 27.8 Å². The highest BCUT2D eigenvalue weighted by molar-refractivity contribution is 5.71. The van der Waals surface area contributed by atoms with Gasteiger partial charge in [0.2, 0.25) is 0 Å². The second kappa shape index (κ2) is 4.48. The van der Waals surface area contributed by atoms with E-state index < -0.39 is 0 Å². The molecule has 0 spiro atoms. The van der Waals surface area contributed by atoms with Crippen molar-refractivity contribution in [1.82, 2.24) is 19.6 Å².